The van der Waals surface area contributed by atoms with Crippen LogP contribution in [0.1, 0.15) is 51.9 Å². The normalized spacial score (nSPS) is 20.5. The highest BCUT2D eigenvalue weighted by Crippen LogP contribution is 2.25. The smallest absolute Gasteiger partial charge is 0.0886 e. The molecule has 13 heavy (non-hydrogen) atoms. The summed E-state index contributed by atoms with van der Waals surface area (Å²) in [4.78, 5) is 0. The van der Waals surface area contributed by atoms with Crippen LogP contribution in [0, 0.1) is 0 Å². The van der Waals surface area contributed by atoms with Gasteiger partial charge in [-0.25, -0.2) is 0 Å². The first-order valence-electron chi connectivity index (χ1n) is 5.99. The molecule has 1 heteroatoms. The second-order valence-electron chi connectivity index (χ2n) is 5.15. The number of unbranched alkanes of at least 4 members (excludes halogenated alkanes) is 1. The van der Waals surface area contributed by atoms with Crippen molar-refractivity contribution in [1.82, 2.24) is 0 Å². The van der Waals surface area contributed by atoms with Gasteiger partial charge in [0.2, 0.25) is 0 Å². The molecule has 78 valence electrons. The van der Waals surface area contributed by atoms with Crippen molar-refractivity contribution in [2.45, 2.75) is 57.9 Å². The fourth-order valence-corrected chi connectivity index (χ4v) is 2.53. The molecule has 0 aromatic heterocycles. The second kappa shape index (κ2) is 4.99. The Labute approximate surface area is 83.7 Å². The highest BCUT2D eigenvalue weighted by molar-refractivity contribution is 4.65. The summed E-state index contributed by atoms with van der Waals surface area (Å²) in [5.74, 6) is 0. The van der Waals surface area contributed by atoms with Gasteiger partial charge in [0.15, 0.2) is 0 Å². The molecule has 1 saturated carbocycles. The predicted octanol–water partition coefficient (Wildman–Crippen LogP) is 3.20. The monoisotopic (exact) mass is 184 g/mol. The van der Waals surface area contributed by atoms with Gasteiger partial charge in [0.25, 0.3) is 0 Å². The van der Waals surface area contributed by atoms with E-state index in [-0.39, 0.29) is 0 Å². The Hall–Kier alpha value is -0.0400. The summed E-state index contributed by atoms with van der Waals surface area (Å²) in [6.07, 6.45) is 10.1. The van der Waals surface area contributed by atoms with Crippen LogP contribution in [0.2, 0.25) is 0 Å². The van der Waals surface area contributed by atoms with Gasteiger partial charge in [-0.2, -0.15) is 0 Å². The van der Waals surface area contributed by atoms with Crippen LogP contribution in [0.25, 0.3) is 0 Å². The molecule has 0 spiro atoms. The lowest BCUT2D eigenvalue weighted by molar-refractivity contribution is -0.916. The Kier molecular flexibility index (Phi) is 4.24. The number of hydrogen-bond acceptors (Lipinski definition) is 0. The van der Waals surface area contributed by atoms with Crippen molar-refractivity contribution in [1.29, 1.82) is 0 Å². The van der Waals surface area contributed by atoms with Gasteiger partial charge in [0.1, 0.15) is 0 Å². The summed E-state index contributed by atoms with van der Waals surface area (Å²) in [5.41, 5.74) is 0. The Bertz CT molecular complexity index is 134. The third kappa shape index (κ3) is 3.30. The maximum absolute atomic E-state index is 2.42. The molecule has 1 rings (SSSR count). The second-order valence-corrected chi connectivity index (χ2v) is 5.15. The molecule has 1 nitrogen and oxygen atoms in total. The van der Waals surface area contributed by atoms with E-state index in [2.05, 4.69) is 21.0 Å². The average Bonchev–Trinajstić information content (AvgIpc) is 2.16. The largest absolute Gasteiger partial charge is 0.326 e. The zero-order valence-corrected chi connectivity index (χ0v) is 9.68. The highest BCUT2D eigenvalue weighted by atomic mass is 15.3. The minimum absolute atomic E-state index is 0.959. The van der Waals surface area contributed by atoms with Gasteiger partial charge < -0.3 is 4.48 Å². The molecular formula is C12H26N+. The maximum atomic E-state index is 2.42. The fraction of sp³-hybridized carbons (Fsp3) is 1.00. The van der Waals surface area contributed by atoms with Crippen molar-refractivity contribution in [3.63, 3.8) is 0 Å². The summed E-state index contributed by atoms with van der Waals surface area (Å²) < 4.78 is 1.27. The molecule has 0 aromatic carbocycles. The van der Waals surface area contributed by atoms with E-state index < -0.39 is 0 Å². The average molecular weight is 184 g/mol. The Morgan fingerprint density at radius 2 is 1.69 bits per heavy atom. The zero-order valence-electron chi connectivity index (χ0n) is 9.68. The van der Waals surface area contributed by atoms with Crippen molar-refractivity contribution in [2.24, 2.45) is 0 Å². The van der Waals surface area contributed by atoms with E-state index in [1.54, 1.807) is 0 Å². The topological polar surface area (TPSA) is 0 Å². The van der Waals surface area contributed by atoms with Crippen molar-refractivity contribution in [2.75, 3.05) is 20.6 Å². The lowest BCUT2D eigenvalue weighted by Crippen LogP contribution is -2.50. The van der Waals surface area contributed by atoms with E-state index in [9.17, 15) is 0 Å². The number of quaternary nitrogens is 1. The van der Waals surface area contributed by atoms with Gasteiger partial charge in [0.05, 0.1) is 26.7 Å². The number of hydrogen-bond donors (Lipinski definition) is 0. The zero-order chi connectivity index (χ0) is 9.73. The third-order valence-corrected chi connectivity index (χ3v) is 3.65. The van der Waals surface area contributed by atoms with E-state index >= 15 is 0 Å². The molecule has 0 aliphatic heterocycles. The molecule has 0 atom stereocenters. The molecule has 0 N–H and O–H groups in total. The number of rotatable bonds is 4. The van der Waals surface area contributed by atoms with Gasteiger partial charge in [-0.1, -0.05) is 19.8 Å². The minimum atomic E-state index is 0.959. The van der Waals surface area contributed by atoms with Crippen LogP contribution in [-0.2, 0) is 0 Å². The van der Waals surface area contributed by atoms with Crippen molar-refractivity contribution >= 4 is 0 Å². The standard InChI is InChI=1S/C12H26N/c1-4-5-11-13(2,3)12-9-7-6-8-10-12/h12H,4-11H2,1-3H3/q+1. The third-order valence-electron chi connectivity index (χ3n) is 3.65. The minimum Gasteiger partial charge on any atom is -0.326 e. The summed E-state index contributed by atoms with van der Waals surface area (Å²) in [6.45, 7) is 3.67. The molecule has 0 amide bonds. The molecule has 0 unspecified atom stereocenters. The van der Waals surface area contributed by atoms with E-state index in [0.29, 0.717) is 0 Å². The van der Waals surface area contributed by atoms with Crippen LogP contribution >= 0.6 is 0 Å². The summed E-state index contributed by atoms with van der Waals surface area (Å²) in [6, 6.07) is 0.959. The molecule has 0 heterocycles. The summed E-state index contributed by atoms with van der Waals surface area (Å²) in [7, 11) is 4.84. The first kappa shape index (κ1) is 11.0. The lowest BCUT2D eigenvalue weighted by Gasteiger charge is -2.40. The first-order chi connectivity index (χ1) is 6.17. The molecule has 1 fully saturated rings. The van der Waals surface area contributed by atoms with E-state index in [1.165, 1.54) is 56.0 Å². The van der Waals surface area contributed by atoms with E-state index in [4.69, 9.17) is 0 Å². The predicted molar refractivity (Wildman–Crippen MR) is 58.8 cm³/mol. The molecular weight excluding hydrogens is 158 g/mol. The van der Waals surface area contributed by atoms with E-state index in [0.717, 1.165) is 6.04 Å². The molecule has 0 saturated heterocycles. The van der Waals surface area contributed by atoms with Crippen molar-refractivity contribution in [3.05, 3.63) is 0 Å². The highest BCUT2D eigenvalue weighted by Gasteiger charge is 2.28. The fourth-order valence-electron chi connectivity index (χ4n) is 2.53. The Morgan fingerprint density at radius 1 is 1.08 bits per heavy atom. The Morgan fingerprint density at radius 3 is 2.23 bits per heavy atom. The molecule has 0 aromatic rings. The van der Waals surface area contributed by atoms with Gasteiger partial charge in [-0.3, -0.25) is 0 Å². The quantitative estimate of drug-likeness (QED) is 0.589. The van der Waals surface area contributed by atoms with Crippen molar-refractivity contribution < 1.29 is 4.48 Å². The molecule has 0 radical (unpaired) electrons. The van der Waals surface area contributed by atoms with E-state index in [1.807, 2.05) is 0 Å². The van der Waals surface area contributed by atoms with Crippen molar-refractivity contribution in [3.8, 4) is 0 Å². The number of nitrogens with zero attached hydrogens (tertiary/aromatic N) is 1. The van der Waals surface area contributed by atoms with Crippen LogP contribution in [0.5, 0.6) is 0 Å². The van der Waals surface area contributed by atoms with Gasteiger partial charge in [-0.15, -0.1) is 0 Å². The van der Waals surface area contributed by atoms with Crippen LogP contribution in [0.3, 0.4) is 0 Å². The lowest BCUT2D eigenvalue weighted by atomic mass is 9.93. The SMILES string of the molecule is CCCC[N+](C)(C)C1CCCCC1. The van der Waals surface area contributed by atoms with Crippen LogP contribution < -0.4 is 0 Å². The summed E-state index contributed by atoms with van der Waals surface area (Å²) in [5, 5.41) is 0. The summed E-state index contributed by atoms with van der Waals surface area (Å²) >= 11 is 0. The van der Waals surface area contributed by atoms with Crippen LogP contribution in [0.15, 0.2) is 0 Å². The molecule has 1 aliphatic rings. The van der Waals surface area contributed by atoms with Crippen LogP contribution in [-0.4, -0.2) is 31.2 Å². The first-order valence-corrected chi connectivity index (χ1v) is 5.99. The molecule has 1 aliphatic carbocycles. The maximum Gasteiger partial charge on any atom is 0.0886 e. The Balaban J connectivity index is 2.36. The molecule has 0 bridgehead atoms. The van der Waals surface area contributed by atoms with Gasteiger partial charge >= 0.3 is 0 Å². The van der Waals surface area contributed by atoms with Crippen LogP contribution in [0.4, 0.5) is 0 Å². The van der Waals surface area contributed by atoms with Gasteiger partial charge in [-0.05, 0) is 32.1 Å². The van der Waals surface area contributed by atoms with Gasteiger partial charge in [0, 0.05) is 0 Å².